The Morgan fingerprint density at radius 2 is 2.44 bits per heavy atom. The van der Waals surface area contributed by atoms with Crippen molar-refractivity contribution < 1.29 is 0 Å². The first-order valence-corrected chi connectivity index (χ1v) is 2.89. The van der Waals surface area contributed by atoms with Crippen molar-refractivity contribution in [3.8, 4) is 0 Å². The van der Waals surface area contributed by atoms with Gasteiger partial charge in [-0.25, -0.2) is 0 Å². The minimum absolute atomic E-state index is 0.284. The second-order valence-corrected chi connectivity index (χ2v) is 1.94. The van der Waals surface area contributed by atoms with E-state index in [1.807, 2.05) is 19.1 Å². The molecule has 0 unspecified atom stereocenters. The predicted octanol–water partition coefficient (Wildman–Crippen LogP) is 1.17. The molecular formula is C7H9N2. The van der Waals surface area contributed by atoms with Crippen LogP contribution >= 0.6 is 0 Å². The summed E-state index contributed by atoms with van der Waals surface area (Å²) in [5.74, 6) is 0. The fourth-order valence-corrected chi connectivity index (χ4v) is 0.703. The van der Waals surface area contributed by atoms with Gasteiger partial charge in [0.1, 0.15) is 0 Å². The predicted molar refractivity (Wildman–Crippen MR) is 35.8 cm³/mol. The van der Waals surface area contributed by atoms with E-state index in [-0.39, 0.29) is 6.54 Å². The number of rotatable bonds is 1. The molecule has 2 nitrogen and oxygen atoms in total. The van der Waals surface area contributed by atoms with Gasteiger partial charge >= 0.3 is 0 Å². The van der Waals surface area contributed by atoms with Crippen molar-refractivity contribution in [2.24, 2.45) is 0 Å². The van der Waals surface area contributed by atoms with Crippen molar-refractivity contribution in [1.29, 1.82) is 0 Å². The van der Waals surface area contributed by atoms with E-state index >= 15 is 0 Å². The van der Waals surface area contributed by atoms with Gasteiger partial charge in [-0.1, -0.05) is 6.07 Å². The maximum absolute atomic E-state index is 7.02. The van der Waals surface area contributed by atoms with Crippen LogP contribution in [0.3, 0.4) is 0 Å². The van der Waals surface area contributed by atoms with Gasteiger partial charge in [-0.2, -0.15) is 0 Å². The molecule has 0 bridgehead atoms. The molecule has 47 valence electrons. The Morgan fingerprint density at radius 3 is 2.89 bits per heavy atom. The average molecular weight is 121 g/mol. The zero-order valence-electron chi connectivity index (χ0n) is 5.39. The van der Waals surface area contributed by atoms with Crippen LogP contribution in [0.5, 0.6) is 0 Å². The highest BCUT2D eigenvalue weighted by Crippen LogP contribution is 2.00. The molecule has 1 radical (unpaired) electrons. The third-order valence-electron chi connectivity index (χ3n) is 1.29. The number of aromatic nitrogens is 1. The lowest BCUT2D eigenvalue weighted by Crippen LogP contribution is -1.92. The number of hydrogen-bond donors (Lipinski definition) is 0. The van der Waals surface area contributed by atoms with Crippen molar-refractivity contribution >= 4 is 0 Å². The van der Waals surface area contributed by atoms with E-state index in [9.17, 15) is 0 Å². The van der Waals surface area contributed by atoms with Crippen molar-refractivity contribution in [3.63, 3.8) is 0 Å². The molecule has 2 heteroatoms. The molecule has 1 N–H and O–H groups in total. The summed E-state index contributed by atoms with van der Waals surface area (Å²) in [6.45, 7) is 2.25. The lowest BCUT2D eigenvalue weighted by molar-refractivity contribution is 0.941. The summed E-state index contributed by atoms with van der Waals surface area (Å²) in [5.41, 5.74) is 9.00. The quantitative estimate of drug-likeness (QED) is 0.549. The first-order valence-electron chi connectivity index (χ1n) is 2.89. The monoisotopic (exact) mass is 121 g/mol. The van der Waals surface area contributed by atoms with Crippen LogP contribution in [0.1, 0.15) is 11.3 Å². The van der Waals surface area contributed by atoms with Gasteiger partial charge in [0.05, 0.1) is 12.2 Å². The van der Waals surface area contributed by atoms with Crippen molar-refractivity contribution in [3.05, 3.63) is 29.6 Å². The molecule has 0 amide bonds. The SMILES string of the molecule is Cc1cccnc1C[NH]. The van der Waals surface area contributed by atoms with Crippen LogP contribution in [-0.4, -0.2) is 4.98 Å². The number of nitrogens with one attached hydrogen (secondary N) is 1. The fourth-order valence-electron chi connectivity index (χ4n) is 0.703. The minimum Gasteiger partial charge on any atom is -0.260 e. The summed E-state index contributed by atoms with van der Waals surface area (Å²) in [5, 5.41) is 0. The highest BCUT2D eigenvalue weighted by atomic mass is 14.7. The highest BCUT2D eigenvalue weighted by Gasteiger charge is 1.92. The van der Waals surface area contributed by atoms with Crippen molar-refractivity contribution in [2.45, 2.75) is 13.5 Å². The number of aryl methyl sites for hydroxylation is 1. The largest absolute Gasteiger partial charge is 0.260 e. The van der Waals surface area contributed by atoms with Crippen LogP contribution in [0.4, 0.5) is 0 Å². The summed E-state index contributed by atoms with van der Waals surface area (Å²) < 4.78 is 0. The van der Waals surface area contributed by atoms with E-state index < -0.39 is 0 Å². The van der Waals surface area contributed by atoms with Gasteiger partial charge in [0.25, 0.3) is 0 Å². The molecule has 0 aliphatic carbocycles. The Balaban J connectivity index is 3.01. The summed E-state index contributed by atoms with van der Waals surface area (Å²) >= 11 is 0. The number of hydrogen-bond acceptors (Lipinski definition) is 1. The molecule has 0 aliphatic rings. The molecule has 1 aromatic heterocycles. The highest BCUT2D eigenvalue weighted by molar-refractivity contribution is 5.16. The average Bonchev–Trinajstić information content (AvgIpc) is 1.89. The second kappa shape index (κ2) is 2.60. The van der Waals surface area contributed by atoms with Gasteiger partial charge < -0.3 is 0 Å². The molecule has 0 saturated heterocycles. The molecule has 0 spiro atoms. The lowest BCUT2D eigenvalue weighted by atomic mass is 10.2. The number of pyridine rings is 1. The van der Waals surface area contributed by atoms with Crippen LogP contribution in [0.25, 0.3) is 0 Å². The van der Waals surface area contributed by atoms with E-state index in [1.165, 1.54) is 0 Å². The van der Waals surface area contributed by atoms with E-state index in [2.05, 4.69) is 4.98 Å². The Hall–Kier alpha value is -0.890. The molecule has 0 saturated carbocycles. The Bertz CT molecular complexity index is 196. The third kappa shape index (κ3) is 1.27. The Morgan fingerprint density at radius 1 is 1.67 bits per heavy atom. The maximum Gasteiger partial charge on any atom is 0.0584 e. The van der Waals surface area contributed by atoms with E-state index in [0.717, 1.165) is 11.3 Å². The van der Waals surface area contributed by atoms with Crippen LogP contribution in [0, 0.1) is 6.92 Å². The summed E-state index contributed by atoms with van der Waals surface area (Å²) in [6.07, 6.45) is 1.72. The molecular weight excluding hydrogens is 112 g/mol. The lowest BCUT2D eigenvalue weighted by Gasteiger charge is -1.96. The van der Waals surface area contributed by atoms with Crippen LogP contribution in [-0.2, 0) is 6.54 Å². The molecule has 1 heterocycles. The van der Waals surface area contributed by atoms with Gasteiger partial charge in [0.15, 0.2) is 0 Å². The molecule has 0 aliphatic heterocycles. The zero-order chi connectivity index (χ0) is 6.69. The smallest absolute Gasteiger partial charge is 0.0584 e. The van der Waals surface area contributed by atoms with E-state index in [4.69, 9.17) is 5.73 Å². The minimum atomic E-state index is 0.284. The molecule has 1 aromatic rings. The summed E-state index contributed by atoms with van der Waals surface area (Å²) in [6, 6.07) is 3.85. The first kappa shape index (κ1) is 6.23. The van der Waals surface area contributed by atoms with Crippen LogP contribution in [0.2, 0.25) is 0 Å². The normalized spacial score (nSPS) is 9.56. The van der Waals surface area contributed by atoms with Crippen LogP contribution < -0.4 is 5.73 Å². The number of nitrogens with zero attached hydrogens (tertiary/aromatic N) is 1. The van der Waals surface area contributed by atoms with Crippen molar-refractivity contribution in [1.82, 2.24) is 10.7 Å². The van der Waals surface area contributed by atoms with Gasteiger partial charge in [-0.15, -0.1) is 0 Å². The van der Waals surface area contributed by atoms with Gasteiger partial charge in [0.2, 0.25) is 0 Å². The third-order valence-corrected chi connectivity index (χ3v) is 1.29. The zero-order valence-corrected chi connectivity index (χ0v) is 5.39. The standard InChI is InChI=1S/C7H9N2/c1-6-3-2-4-9-7(6)5-8/h2-4,8H,5H2,1H3. The molecule has 0 atom stereocenters. The van der Waals surface area contributed by atoms with Gasteiger partial charge in [-0.05, 0) is 18.6 Å². The Labute approximate surface area is 54.7 Å². The fraction of sp³-hybridized carbons (Fsp3) is 0.286. The van der Waals surface area contributed by atoms with Crippen molar-refractivity contribution in [2.75, 3.05) is 0 Å². The first-order chi connectivity index (χ1) is 4.34. The van der Waals surface area contributed by atoms with E-state index in [0.29, 0.717) is 0 Å². The molecule has 9 heavy (non-hydrogen) atoms. The van der Waals surface area contributed by atoms with Gasteiger partial charge in [-0.3, -0.25) is 10.7 Å². The summed E-state index contributed by atoms with van der Waals surface area (Å²) in [4.78, 5) is 4.01. The molecule has 1 rings (SSSR count). The van der Waals surface area contributed by atoms with Crippen LogP contribution in [0.15, 0.2) is 18.3 Å². The Kier molecular flexibility index (Phi) is 1.80. The van der Waals surface area contributed by atoms with Gasteiger partial charge in [0, 0.05) is 6.20 Å². The topological polar surface area (TPSA) is 36.7 Å². The maximum atomic E-state index is 7.02. The molecule has 0 fully saturated rings. The molecule has 0 aromatic carbocycles. The van der Waals surface area contributed by atoms with E-state index in [1.54, 1.807) is 6.20 Å². The summed E-state index contributed by atoms with van der Waals surface area (Å²) in [7, 11) is 0. The second-order valence-electron chi connectivity index (χ2n) is 1.94.